The quantitative estimate of drug-likeness (QED) is 0.786. The second kappa shape index (κ2) is 6.89. The van der Waals surface area contributed by atoms with Crippen molar-refractivity contribution < 1.29 is 14.9 Å². The molecule has 17 heavy (non-hydrogen) atoms. The Balaban J connectivity index is 2.68. The summed E-state index contributed by atoms with van der Waals surface area (Å²) < 4.78 is 5.07. The lowest BCUT2D eigenvalue weighted by Crippen LogP contribution is -2.07. The molecule has 0 aliphatic rings. The molecule has 4 heteroatoms. The first kappa shape index (κ1) is 13.5. The summed E-state index contributed by atoms with van der Waals surface area (Å²) in [6.07, 6.45) is 0.00295. The molecule has 0 saturated carbocycles. The smallest absolute Gasteiger partial charge is 0.119 e. The van der Waals surface area contributed by atoms with Crippen LogP contribution >= 0.6 is 0 Å². The summed E-state index contributed by atoms with van der Waals surface area (Å²) in [5, 5.41) is 27.6. The van der Waals surface area contributed by atoms with Crippen LogP contribution in [0.15, 0.2) is 24.3 Å². The van der Waals surface area contributed by atoms with Gasteiger partial charge in [-0.3, -0.25) is 0 Å². The lowest BCUT2D eigenvalue weighted by molar-refractivity contribution is 0.145. The van der Waals surface area contributed by atoms with Gasteiger partial charge in [0.15, 0.2) is 0 Å². The zero-order valence-corrected chi connectivity index (χ0v) is 9.84. The van der Waals surface area contributed by atoms with Crippen LogP contribution in [-0.4, -0.2) is 23.9 Å². The molecule has 0 saturated heterocycles. The Morgan fingerprint density at radius 3 is 2.82 bits per heavy atom. The van der Waals surface area contributed by atoms with Gasteiger partial charge in [-0.25, -0.2) is 0 Å². The number of methoxy groups -OCH3 is 1. The minimum Gasteiger partial charge on any atom is -0.497 e. The second-order valence-corrected chi connectivity index (χ2v) is 3.87. The van der Waals surface area contributed by atoms with Gasteiger partial charge in [0.2, 0.25) is 0 Å². The van der Waals surface area contributed by atoms with Gasteiger partial charge >= 0.3 is 0 Å². The van der Waals surface area contributed by atoms with Crippen molar-refractivity contribution in [1.29, 1.82) is 5.26 Å². The number of benzene rings is 1. The Bertz CT molecular complexity index is 386. The van der Waals surface area contributed by atoms with Crippen molar-refractivity contribution in [2.45, 2.75) is 18.9 Å². The number of rotatable bonds is 6. The van der Waals surface area contributed by atoms with Crippen molar-refractivity contribution in [3.8, 4) is 11.8 Å². The van der Waals surface area contributed by atoms with E-state index in [0.717, 1.165) is 5.56 Å². The number of aliphatic hydroxyl groups is 2. The maximum Gasteiger partial charge on any atom is 0.119 e. The molecule has 0 amide bonds. The first-order valence-corrected chi connectivity index (χ1v) is 5.53. The van der Waals surface area contributed by atoms with Crippen LogP contribution in [0.5, 0.6) is 5.75 Å². The topological polar surface area (TPSA) is 73.5 Å². The monoisotopic (exact) mass is 235 g/mol. The SMILES string of the molecule is COc1cccc(C(O)CC(C#N)CCO)c1. The highest BCUT2D eigenvalue weighted by atomic mass is 16.5. The van der Waals surface area contributed by atoms with Crippen LogP contribution in [0.3, 0.4) is 0 Å². The maximum absolute atomic E-state index is 9.98. The number of nitriles is 1. The Labute approximate surface area is 101 Å². The van der Waals surface area contributed by atoms with Crippen LogP contribution in [0.25, 0.3) is 0 Å². The largest absolute Gasteiger partial charge is 0.497 e. The van der Waals surface area contributed by atoms with Gasteiger partial charge < -0.3 is 14.9 Å². The van der Waals surface area contributed by atoms with Gasteiger partial charge in [-0.05, 0) is 30.5 Å². The normalized spacial score (nSPS) is 13.8. The van der Waals surface area contributed by atoms with Gasteiger partial charge in [0, 0.05) is 6.61 Å². The molecule has 0 heterocycles. The van der Waals surface area contributed by atoms with Crippen LogP contribution in [0.1, 0.15) is 24.5 Å². The van der Waals surface area contributed by atoms with E-state index in [1.165, 1.54) is 0 Å². The van der Waals surface area contributed by atoms with Crippen LogP contribution in [0.2, 0.25) is 0 Å². The summed E-state index contributed by atoms with van der Waals surface area (Å²) >= 11 is 0. The standard InChI is InChI=1S/C13H17NO3/c1-17-12-4-2-3-11(8-12)13(16)7-10(9-14)5-6-15/h2-4,8,10,13,15-16H,5-7H2,1H3. The summed E-state index contributed by atoms with van der Waals surface area (Å²) in [6.45, 7) is -0.0386. The number of ether oxygens (including phenoxy) is 1. The van der Waals surface area contributed by atoms with Crippen molar-refractivity contribution in [3.05, 3.63) is 29.8 Å². The zero-order chi connectivity index (χ0) is 12.7. The summed E-state index contributed by atoms with van der Waals surface area (Å²) in [7, 11) is 1.56. The lowest BCUT2D eigenvalue weighted by Gasteiger charge is -2.14. The Hall–Kier alpha value is -1.57. The number of aliphatic hydroxyl groups excluding tert-OH is 2. The highest BCUT2D eigenvalue weighted by molar-refractivity contribution is 5.29. The van der Waals surface area contributed by atoms with Crippen LogP contribution in [0.4, 0.5) is 0 Å². The molecule has 0 aliphatic carbocycles. The van der Waals surface area contributed by atoms with Gasteiger partial charge in [0.05, 0.1) is 25.2 Å². The van der Waals surface area contributed by atoms with E-state index in [0.29, 0.717) is 18.6 Å². The third-order valence-electron chi connectivity index (χ3n) is 2.65. The highest BCUT2D eigenvalue weighted by Crippen LogP contribution is 2.25. The van der Waals surface area contributed by atoms with E-state index in [4.69, 9.17) is 15.1 Å². The fraction of sp³-hybridized carbons (Fsp3) is 0.462. The van der Waals surface area contributed by atoms with Crippen LogP contribution in [0, 0.1) is 17.2 Å². The molecule has 0 radical (unpaired) electrons. The fourth-order valence-electron chi connectivity index (χ4n) is 1.65. The third-order valence-corrected chi connectivity index (χ3v) is 2.65. The van der Waals surface area contributed by atoms with E-state index in [-0.39, 0.29) is 12.5 Å². The van der Waals surface area contributed by atoms with Gasteiger partial charge in [-0.15, -0.1) is 0 Å². The average Bonchev–Trinajstić information content (AvgIpc) is 2.38. The molecular weight excluding hydrogens is 218 g/mol. The average molecular weight is 235 g/mol. The predicted molar refractivity (Wildman–Crippen MR) is 63.4 cm³/mol. The molecule has 4 nitrogen and oxygen atoms in total. The van der Waals surface area contributed by atoms with Crippen molar-refractivity contribution in [2.75, 3.05) is 13.7 Å². The molecule has 1 aromatic rings. The summed E-state index contributed by atoms with van der Waals surface area (Å²) in [4.78, 5) is 0. The van der Waals surface area contributed by atoms with Crippen molar-refractivity contribution in [1.82, 2.24) is 0 Å². The molecule has 1 rings (SSSR count). The Morgan fingerprint density at radius 1 is 1.47 bits per heavy atom. The molecule has 0 spiro atoms. The minimum atomic E-state index is -0.707. The number of nitrogens with zero attached hydrogens (tertiary/aromatic N) is 1. The molecule has 0 aromatic heterocycles. The molecule has 0 aliphatic heterocycles. The molecule has 1 aromatic carbocycles. The van der Waals surface area contributed by atoms with Crippen molar-refractivity contribution in [2.24, 2.45) is 5.92 Å². The molecule has 2 unspecified atom stereocenters. The zero-order valence-electron chi connectivity index (χ0n) is 9.84. The van der Waals surface area contributed by atoms with E-state index in [2.05, 4.69) is 6.07 Å². The third kappa shape index (κ3) is 4.06. The maximum atomic E-state index is 9.98. The van der Waals surface area contributed by atoms with Gasteiger partial charge in [0.25, 0.3) is 0 Å². The van der Waals surface area contributed by atoms with Crippen LogP contribution < -0.4 is 4.74 Å². The molecule has 2 atom stereocenters. The predicted octanol–water partition coefficient (Wildman–Crippen LogP) is 1.64. The summed E-state index contributed by atoms with van der Waals surface area (Å²) in [5.41, 5.74) is 0.725. The summed E-state index contributed by atoms with van der Waals surface area (Å²) in [6, 6.07) is 9.22. The molecule has 2 N–H and O–H groups in total. The lowest BCUT2D eigenvalue weighted by atomic mass is 9.95. The second-order valence-electron chi connectivity index (χ2n) is 3.87. The fourth-order valence-corrected chi connectivity index (χ4v) is 1.65. The molecular formula is C13H17NO3. The Kier molecular flexibility index (Phi) is 5.47. The molecule has 0 fully saturated rings. The first-order chi connectivity index (χ1) is 8.21. The van der Waals surface area contributed by atoms with Crippen LogP contribution in [-0.2, 0) is 0 Å². The molecule has 0 bridgehead atoms. The van der Waals surface area contributed by atoms with Crippen molar-refractivity contribution in [3.63, 3.8) is 0 Å². The van der Waals surface area contributed by atoms with Gasteiger partial charge in [-0.2, -0.15) is 5.26 Å². The van der Waals surface area contributed by atoms with E-state index in [1.807, 2.05) is 0 Å². The van der Waals surface area contributed by atoms with E-state index >= 15 is 0 Å². The van der Waals surface area contributed by atoms with Gasteiger partial charge in [-0.1, -0.05) is 12.1 Å². The minimum absolute atomic E-state index is 0.0386. The highest BCUT2D eigenvalue weighted by Gasteiger charge is 2.15. The van der Waals surface area contributed by atoms with E-state index in [9.17, 15) is 5.11 Å². The molecule has 92 valence electrons. The summed E-state index contributed by atoms with van der Waals surface area (Å²) in [5.74, 6) is 0.346. The number of hydrogen-bond acceptors (Lipinski definition) is 4. The van der Waals surface area contributed by atoms with E-state index in [1.54, 1.807) is 31.4 Å². The Morgan fingerprint density at radius 2 is 2.24 bits per heavy atom. The number of hydrogen-bond donors (Lipinski definition) is 2. The first-order valence-electron chi connectivity index (χ1n) is 5.53. The van der Waals surface area contributed by atoms with E-state index < -0.39 is 6.10 Å². The van der Waals surface area contributed by atoms with Crippen molar-refractivity contribution >= 4 is 0 Å². The van der Waals surface area contributed by atoms with Gasteiger partial charge in [0.1, 0.15) is 5.75 Å².